The van der Waals surface area contributed by atoms with Crippen molar-refractivity contribution in [2.45, 2.75) is 38.6 Å². The van der Waals surface area contributed by atoms with Crippen molar-refractivity contribution in [1.82, 2.24) is 5.32 Å². The normalized spacial score (nSPS) is 30.3. The topological polar surface area (TPSA) is 29.1 Å². The number of amides is 1. The highest BCUT2D eigenvalue weighted by Gasteiger charge is 2.42. The number of carbonyl (C=O) groups is 1. The molecule has 1 amide bonds. The first-order chi connectivity index (χ1) is 9.15. The molecule has 2 nitrogen and oxygen atoms in total. The first kappa shape index (κ1) is 13.0. The number of nitrogens with one attached hydrogen (secondary N) is 1. The number of halogens is 1. The third-order valence-electron chi connectivity index (χ3n) is 4.91. The second-order valence-corrected chi connectivity index (χ2v) is 6.49. The molecule has 2 bridgehead atoms. The Morgan fingerprint density at radius 1 is 1.32 bits per heavy atom. The highest BCUT2D eigenvalue weighted by molar-refractivity contribution is 6.33. The molecule has 0 heterocycles. The van der Waals surface area contributed by atoms with E-state index in [0.29, 0.717) is 16.5 Å². The van der Waals surface area contributed by atoms with Gasteiger partial charge >= 0.3 is 0 Å². The Labute approximate surface area is 119 Å². The fraction of sp³-hybridized carbons (Fsp3) is 0.562. The third kappa shape index (κ3) is 2.51. The van der Waals surface area contributed by atoms with Crippen LogP contribution in [0.25, 0.3) is 0 Å². The zero-order valence-electron chi connectivity index (χ0n) is 11.2. The Hall–Kier alpha value is -1.02. The van der Waals surface area contributed by atoms with E-state index in [2.05, 4.69) is 12.2 Å². The minimum atomic E-state index is -0.0409. The van der Waals surface area contributed by atoms with Crippen molar-refractivity contribution in [3.63, 3.8) is 0 Å². The SMILES string of the molecule is C[C@@H](NC(=O)c1ccccc1Cl)[C@H]1C[C@H]2CC[C@H]1C2. The van der Waals surface area contributed by atoms with Gasteiger partial charge in [-0.2, -0.15) is 0 Å². The van der Waals surface area contributed by atoms with E-state index in [9.17, 15) is 4.79 Å². The molecule has 3 heteroatoms. The molecule has 1 aromatic rings. The summed E-state index contributed by atoms with van der Waals surface area (Å²) < 4.78 is 0. The van der Waals surface area contributed by atoms with E-state index < -0.39 is 0 Å². The molecular formula is C16H20ClNO. The van der Waals surface area contributed by atoms with Gasteiger partial charge in [-0.1, -0.05) is 30.2 Å². The second kappa shape index (κ2) is 5.16. The van der Waals surface area contributed by atoms with Crippen LogP contribution in [-0.2, 0) is 0 Å². The quantitative estimate of drug-likeness (QED) is 0.892. The largest absolute Gasteiger partial charge is 0.349 e. The molecule has 0 spiro atoms. The summed E-state index contributed by atoms with van der Waals surface area (Å²) in [5.74, 6) is 2.35. The molecule has 1 aromatic carbocycles. The third-order valence-corrected chi connectivity index (χ3v) is 5.24. The summed E-state index contributed by atoms with van der Waals surface area (Å²) >= 11 is 6.06. The van der Waals surface area contributed by atoms with Crippen molar-refractivity contribution < 1.29 is 4.79 Å². The Morgan fingerprint density at radius 2 is 2.11 bits per heavy atom. The van der Waals surface area contributed by atoms with Crippen LogP contribution < -0.4 is 5.32 Å². The fourth-order valence-electron chi connectivity index (χ4n) is 3.94. The van der Waals surface area contributed by atoms with Crippen LogP contribution >= 0.6 is 11.6 Å². The molecule has 0 aromatic heterocycles. The van der Waals surface area contributed by atoms with Gasteiger partial charge in [-0.15, -0.1) is 0 Å². The molecule has 4 atom stereocenters. The zero-order chi connectivity index (χ0) is 13.4. The van der Waals surface area contributed by atoms with Gasteiger partial charge in [-0.25, -0.2) is 0 Å². The number of hydrogen-bond acceptors (Lipinski definition) is 1. The van der Waals surface area contributed by atoms with Crippen LogP contribution in [0.1, 0.15) is 43.0 Å². The van der Waals surface area contributed by atoms with E-state index >= 15 is 0 Å². The van der Waals surface area contributed by atoms with Gasteiger partial charge in [0, 0.05) is 6.04 Å². The maximum atomic E-state index is 12.2. The van der Waals surface area contributed by atoms with E-state index in [0.717, 1.165) is 11.8 Å². The van der Waals surface area contributed by atoms with Crippen LogP contribution in [0.4, 0.5) is 0 Å². The highest BCUT2D eigenvalue weighted by Crippen LogP contribution is 2.49. The lowest BCUT2D eigenvalue weighted by Crippen LogP contribution is -2.40. The molecule has 3 rings (SSSR count). The molecule has 2 aliphatic rings. The van der Waals surface area contributed by atoms with Gasteiger partial charge < -0.3 is 5.32 Å². The van der Waals surface area contributed by atoms with Crippen molar-refractivity contribution in [3.8, 4) is 0 Å². The molecule has 2 aliphatic carbocycles. The fourth-order valence-corrected chi connectivity index (χ4v) is 4.16. The van der Waals surface area contributed by atoms with Crippen molar-refractivity contribution in [1.29, 1.82) is 0 Å². The monoisotopic (exact) mass is 277 g/mol. The number of benzene rings is 1. The average molecular weight is 278 g/mol. The van der Waals surface area contributed by atoms with Crippen LogP contribution in [0, 0.1) is 17.8 Å². The highest BCUT2D eigenvalue weighted by atomic mass is 35.5. The van der Waals surface area contributed by atoms with Crippen LogP contribution in [-0.4, -0.2) is 11.9 Å². The molecule has 0 saturated heterocycles. The Kier molecular flexibility index (Phi) is 3.53. The molecule has 0 radical (unpaired) electrons. The minimum absolute atomic E-state index is 0.0409. The van der Waals surface area contributed by atoms with Gasteiger partial charge in [-0.05, 0) is 56.1 Å². The van der Waals surface area contributed by atoms with E-state index in [-0.39, 0.29) is 11.9 Å². The first-order valence-corrected chi connectivity index (χ1v) is 7.58. The molecule has 1 N–H and O–H groups in total. The maximum Gasteiger partial charge on any atom is 0.253 e. The van der Waals surface area contributed by atoms with E-state index in [1.807, 2.05) is 12.1 Å². The van der Waals surface area contributed by atoms with Gasteiger partial charge in [0.2, 0.25) is 0 Å². The second-order valence-electron chi connectivity index (χ2n) is 6.08. The van der Waals surface area contributed by atoms with Gasteiger partial charge in [0.1, 0.15) is 0 Å². The summed E-state index contributed by atoms with van der Waals surface area (Å²) in [7, 11) is 0. The van der Waals surface area contributed by atoms with Crippen molar-refractivity contribution in [2.24, 2.45) is 17.8 Å². The number of fused-ring (bicyclic) bond motifs is 2. The predicted octanol–water partition coefficient (Wildman–Crippen LogP) is 3.89. The molecule has 19 heavy (non-hydrogen) atoms. The first-order valence-electron chi connectivity index (χ1n) is 7.20. The summed E-state index contributed by atoms with van der Waals surface area (Å²) in [5, 5.41) is 3.67. The standard InChI is InChI=1S/C16H20ClNO/c1-10(14-9-11-6-7-12(14)8-11)18-16(19)13-4-2-3-5-15(13)17/h2-5,10-12,14H,6-9H2,1H3,(H,18,19)/t10-,11+,12+,14-/m1/s1. The molecule has 2 saturated carbocycles. The molecule has 0 aliphatic heterocycles. The predicted molar refractivity (Wildman–Crippen MR) is 77.3 cm³/mol. The Balaban J connectivity index is 1.65. The van der Waals surface area contributed by atoms with Crippen LogP contribution in [0.15, 0.2) is 24.3 Å². The van der Waals surface area contributed by atoms with Crippen molar-refractivity contribution in [2.75, 3.05) is 0 Å². The van der Waals surface area contributed by atoms with Crippen molar-refractivity contribution in [3.05, 3.63) is 34.9 Å². The van der Waals surface area contributed by atoms with E-state index in [4.69, 9.17) is 11.6 Å². The lowest BCUT2D eigenvalue weighted by Gasteiger charge is -2.28. The molecule has 0 unspecified atom stereocenters. The summed E-state index contributed by atoms with van der Waals surface area (Å²) in [4.78, 5) is 12.2. The molecular weight excluding hydrogens is 258 g/mol. The molecule has 102 valence electrons. The smallest absolute Gasteiger partial charge is 0.253 e. The van der Waals surface area contributed by atoms with Gasteiger partial charge in [0.05, 0.1) is 10.6 Å². The lowest BCUT2D eigenvalue weighted by molar-refractivity contribution is 0.0915. The van der Waals surface area contributed by atoms with E-state index in [1.165, 1.54) is 25.7 Å². The number of rotatable bonds is 3. The summed E-state index contributed by atoms with van der Waals surface area (Å²) in [5.41, 5.74) is 0.583. The summed E-state index contributed by atoms with van der Waals surface area (Å²) in [6.07, 6.45) is 5.40. The van der Waals surface area contributed by atoms with Gasteiger partial charge in [-0.3, -0.25) is 4.79 Å². The zero-order valence-corrected chi connectivity index (χ0v) is 12.0. The van der Waals surface area contributed by atoms with Crippen LogP contribution in [0.5, 0.6) is 0 Å². The van der Waals surface area contributed by atoms with Crippen LogP contribution in [0.2, 0.25) is 5.02 Å². The number of carbonyl (C=O) groups excluding carboxylic acids is 1. The molecule has 2 fully saturated rings. The summed E-state index contributed by atoms with van der Waals surface area (Å²) in [6.45, 7) is 2.14. The average Bonchev–Trinajstić information content (AvgIpc) is 3.01. The van der Waals surface area contributed by atoms with Crippen molar-refractivity contribution >= 4 is 17.5 Å². The van der Waals surface area contributed by atoms with E-state index in [1.54, 1.807) is 12.1 Å². The Morgan fingerprint density at radius 3 is 2.74 bits per heavy atom. The maximum absolute atomic E-state index is 12.2. The summed E-state index contributed by atoms with van der Waals surface area (Å²) in [6, 6.07) is 7.49. The number of hydrogen-bond donors (Lipinski definition) is 1. The minimum Gasteiger partial charge on any atom is -0.349 e. The Bertz CT molecular complexity index is 487. The van der Waals surface area contributed by atoms with Gasteiger partial charge in [0.15, 0.2) is 0 Å². The van der Waals surface area contributed by atoms with Gasteiger partial charge in [0.25, 0.3) is 5.91 Å². The van der Waals surface area contributed by atoms with Crippen LogP contribution in [0.3, 0.4) is 0 Å². The lowest BCUT2D eigenvalue weighted by atomic mass is 9.84.